The van der Waals surface area contributed by atoms with E-state index in [9.17, 15) is 0 Å². The summed E-state index contributed by atoms with van der Waals surface area (Å²) in [6, 6.07) is 0.341. The molecule has 0 heterocycles. The lowest BCUT2D eigenvalue weighted by atomic mass is 9.82. The first-order valence-corrected chi connectivity index (χ1v) is 6.79. The molecule has 3 heteroatoms. The first kappa shape index (κ1) is 13.9. The van der Waals surface area contributed by atoms with Gasteiger partial charge < -0.3 is 15.5 Å². The van der Waals surface area contributed by atoms with E-state index >= 15 is 0 Å². The molecule has 0 aromatic rings. The molecule has 3 N–H and O–H groups in total. The van der Waals surface area contributed by atoms with E-state index in [0.717, 1.165) is 18.8 Å². The van der Waals surface area contributed by atoms with E-state index in [4.69, 9.17) is 10.2 Å². The number of hydrogen-bond acceptors (Lipinski definition) is 3. The van der Waals surface area contributed by atoms with Gasteiger partial charge >= 0.3 is 0 Å². The van der Waals surface area contributed by atoms with Crippen LogP contribution in [0.15, 0.2) is 0 Å². The minimum atomic E-state index is -0.140. The lowest BCUT2D eigenvalue weighted by Gasteiger charge is -2.33. The lowest BCUT2D eigenvalue weighted by molar-refractivity contribution is 0.141. The molecule has 1 aliphatic rings. The van der Waals surface area contributed by atoms with Gasteiger partial charge in [-0.3, -0.25) is 0 Å². The normalized spacial score (nSPS) is 20.2. The van der Waals surface area contributed by atoms with Crippen LogP contribution in [0.1, 0.15) is 51.9 Å². The summed E-state index contributed by atoms with van der Waals surface area (Å²) >= 11 is 0. The van der Waals surface area contributed by atoms with Gasteiger partial charge in [-0.1, -0.05) is 32.6 Å². The molecule has 0 amide bonds. The van der Waals surface area contributed by atoms with Crippen LogP contribution in [0.4, 0.5) is 0 Å². The molecule has 1 fully saturated rings. The molecule has 1 atom stereocenters. The molecule has 0 saturated heterocycles. The van der Waals surface area contributed by atoms with Gasteiger partial charge in [-0.05, 0) is 25.2 Å². The van der Waals surface area contributed by atoms with E-state index < -0.39 is 0 Å². The van der Waals surface area contributed by atoms with Gasteiger partial charge in [-0.15, -0.1) is 0 Å². The summed E-state index contributed by atoms with van der Waals surface area (Å²) in [5.41, 5.74) is 0. The quantitative estimate of drug-likeness (QED) is 0.622. The van der Waals surface area contributed by atoms with Crippen molar-refractivity contribution in [3.8, 4) is 0 Å². The smallest absolute Gasteiger partial charge is 0.0607 e. The van der Waals surface area contributed by atoms with Crippen molar-refractivity contribution >= 4 is 0 Å². The molecule has 0 bridgehead atoms. The first-order valence-electron chi connectivity index (χ1n) is 6.79. The van der Waals surface area contributed by atoms with E-state index in [1.807, 2.05) is 0 Å². The van der Waals surface area contributed by atoms with E-state index in [0.29, 0.717) is 6.04 Å². The van der Waals surface area contributed by atoms with Gasteiger partial charge in [0.2, 0.25) is 0 Å². The fourth-order valence-electron chi connectivity index (χ4n) is 2.77. The SMILES string of the molecule is CCCC(NC(CO)CO)C1CCCCC1. The standard InChI is InChI=1S/C13H27NO2/c1-2-6-13(14-12(9-15)10-16)11-7-4-3-5-8-11/h11-16H,2-10H2,1H3. The Bertz CT molecular complexity index is 165. The summed E-state index contributed by atoms with van der Waals surface area (Å²) in [4.78, 5) is 0. The van der Waals surface area contributed by atoms with Gasteiger partial charge in [-0.2, -0.15) is 0 Å². The van der Waals surface area contributed by atoms with Crippen molar-refractivity contribution in [2.75, 3.05) is 13.2 Å². The van der Waals surface area contributed by atoms with Crippen LogP contribution in [0.5, 0.6) is 0 Å². The van der Waals surface area contributed by atoms with E-state index in [-0.39, 0.29) is 19.3 Å². The average Bonchev–Trinajstić information content (AvgIpc) is 2.35. The average molecular weight is 229 g/mol. The van der Waals surface area contributed by atoms with Crippen LogP contribution in [0.3, 0.4) is 0 Å². The third kappa shape index (κ3) is 4.40. The summed E-state index contributed by atoms with van der Waals surface area (Å²) in [5, 5.41) is 21.7. The van der Waals surface area contributed by atoms with Crippen LogP contribution >= 0.6 is 0 Å². The number of aliphatic hydroxyl groups excluding tert-OH is 2. The Labute approximate surface area is 99.3 Å². The monoisotopic (exact) mass is 229 g/mol. The van der Waals surface area contributed by atoms with Crippen LogP contribution in [0.25, 0.3) is 0 Å². The second kappa shape index (κ2) is 8.04. The number of nitrogens with one attached hydrogen (secondary N) is 1. The largest absolute Gasteiger partial charge is 0.395 e. The molecule has 1 aliphatic carbocycles. The number of aliphatic hydroxyl groups is 2. The third-order valence-electron chi connectivity index (χ3n) is 3.71. The molecule has 1 rings (SSSR count). The van der Waals surface area contributed by atoms with Crippen molar-refractivity contribution in [3.05, 3.63) is 0 Å². The van der Waals surface area contributed by atoms with Crippen molar-refractivity contribution in [2.45, 2.75) is 64.0 Å². The highest BCUT2D eigenvalue weighted by atomic mass is 16.3. The Kier molecular flexibility index (Phi) is 7.01. The van der Waals surface area contributed by atoms with Gasteiger partial charge in [0.15, 0.2) is 0 Å². The lowest BCUT2D eigenvalue weighted by Crippen LogP contribution is -2.46. The van der Waals surface area contributed by atoms with Gasteiger partial charge in [0.25, 0.3) is 0 Å². The predicted molar refractivity (Wildman–Crippen MR) is 66.4 cm³/mol. The molecule has 3 nitrogen and oxygen atoms in total. The number of hydrogen-bond donors (Lipinski definition) is 3. The zero-order valence-corrected chi connectivity index (χ0v) is 10.5. The highest BCUT2D eigenvalue weighted by Gasteiger charge is 2.24. The van der Waals surface area contributed by atoms with Gasteiger partial charge in [0.05, 0.1) is 19.3 Å². The molecule has 0 aromatic heterocycles. The zero-order valence-electron chi connectivity index (χ0n) is 10.5. The molecule has 1 saturated carbocycles. The van der Waals surface area contributed by atoms with E-state index in [1.54, 1.807) is 0 Å². The first-order chi connectivity index (χ1) is 7.81. The molecule has 16 heavy (non-hydrogen) atoms. The number of rotatable bonds is 7. The predicted octanol–water partition coefficient (Wildman–Crippen LogP) is 1.68. The van der Waals surface area contributed by atoms with Crippen LogP contribution in [0, 0.1) is 5.92 Å². The molecule has 0 aliphatic heterocycles. The molecular formula is C13H27NO2. The highest BCUT2D eigenvalue weighted by Crippen LogP contribution is 2.28. The van der Waals surface area contributed by atoms with Crippen LogP contribution in [-0.4, -0.2) is 35.5 Å². The van der Waals surface area contributed by atoms with Crippen LogP contribution in [0.2, 0.25) is 0 Å². The van der Waals surface area contributed by atoms with Gasteiger partial charge in [-0.25, -0.2) is 0 Å². The maximum Gasteiger partial charge on any atom is 0.0607 e. The highest BCUT2D eigenvalue weighted by molar-refractivity contribution is 4.82. The van der Waals surface area contributed by atoms with Crippen molar-refractivity contribution < 1.29 is 10.2 Å². The van der Waals surface area contributed by atoms with Crippen LogP contribution < -0.4 is 5.32 Å². The third-order valence-corrected chi connectivity index (χ3v) is 3.71. The van der Waals surface area contributed by atoms with Crippen LogP contribution in [-0.2, 0) is 0 Å². The van der Waals surface area contributed by atoms with Crippen molar-refractivity contribution in [1.82, 2.24) is 5.32 Å². The van der Waals surface area contributed by atoms with E-state index in [2.05, 4.69) is 12.2 Å². The van der Waals surface area contributed by atoms with Gasteiger partial charge in [0, 0.05) is 6.04 Å². The topological polar surface area (TPSA) is 52.5 Å². The zero-order chi connectivity index (χ0) is 11.8. The molecule has 96 valence electrons. The molecule has 0 spiro atoms. The Balaban J connectivity index is 2.44. The van der Waals surface area contributed by atoms with Crippen molar-refractivity contribution in [1.29, 1.82) is 0 Å². The fraction of sp³-hybridized carbons (Fsp3) is 1.00. The van der Waals surface area contributed by atoms with Gasteiger partial charge in [0.1, 0.15) is 0 Å². The van der Waals surface area contributed by atoms with E-state index in [1.165, 1.54) is 32.1 Å². The Morgan fingerprint density at radius 1 is 1.12 bits per heavy atom. The minimum absolute atomic E-state index is 0.0312. The summed E-state index contributed by atoms with van der Waals surface area (Å²) in [7, 11) is 0. The molecule has 0 aromatic carbocycles. The Morgan fingerprint density at radius 3 is 2.25 bits per heavy atom. The fourth-order valence-corrected chi connectivity index (χ4v) is 2.77. The van der Waals surface area contributed by atoms with Crippen molar-refractivity contribution in [2.24, 2.45) is 5.92 Å². The summed E-state index contributed by atoms with van der Waals surface area (Å²) in [6.45, 7) is 2.26. The summed E-state index contributed by atoms with van der Waals surface area (Å²) in [6.07, 6.45) is 8.99. The second-order valence-corrected chi connectivity index (χ2v) is 5.02. The second-order valence-electron chi connectivity index (χ2n) is 5.02. The summed E-state index contributed by atoms with van der Waals surface area (Å²) < 4.78 is 0. The summed E-state index contributed by atoms with van der Waals surface area (Å²) in [5.74, 6) is 0.745. The Hall–Kier alpha value is -0.120. The maximum atomic E-state index is 9.12. The molecule has 0 radical (unpaired) electrons. The Morgan fingerprint density at radius 2 is 1.75 bits per heavy atom. The molecule has 1 unspecified atom stereocenters. The maximum absolute atomic E-state index is 9.12. The molecular weight excluding hydrogens is 202 g/mol. The minimum Gasteiger partial charge on any atom is -0.395 e. The van der Waals surface area contributed by atoms with Crippen molar-refractivity contribution in [3.63, 3.8) is 0 Å².